The molecule has 0 saturated carbocycles. The first-order chi connectivity index (χ1) is 11.8. The van der Waals surface area contributed by atoms with Crippen LogP contribution < -0.4 is 0 Å². The van der Waals surface area contributed by atoms with E-state index in [0.29, 0.717) is 12.1 Å². The quantitative estimate of drug-likeness (QED) is 0.803. The minimum absolute atomic E-state index is 0.516. The fourth-order valence-electron chi connectivity index (χ4n) is 3.24. The van der Waals surface area contributed by atoms with Crippen LogP contribution in [0.5, 0.6) is 0 Å². The van der Waals surface area contributed by atoms with Crippen molar-refractivity contribution in [2.24, 2.45) is 0 Å². The summed E-state index contributed by atoms with van der Waals surface area (Å²) in [4.78, 5) is 14.4. The SMILES string of the molecule is N#Cc1cc2cnc(Cc3ccc(CN4CCCC4)cc3)nc2[nH]1. The topological polar surface area (TPSA) is 68.6 Å². The van der Waals surface area contributed by atoms with Gasteiger partial charge in [-0.2, -0.15) is 5.26 Å². The second-order valence-corrected chi connectivity index (χ2v) is 6.36. The lowest BCUT2D eigenvalue weighted by molar-refractivity contribution is 0.331. The first-order valence-electron chi connectivity index (χ1n) is 8.35. The zero-order valence-corrected chi connectivity index (χ0v) is 13.5. The number of hydrogen-bond donors (Lipinski definition) is 1. The molecule has 0 aliphatic carbocycles. The summed E-state index contributed by atoms with van der Waals surface area (Å²) in [5.41, 5.74) is 3.80. The van der Waals surface area contributed by atoms with E-state index in [1.165, 1.54) is 37.1 Å². The largest absolute Gasteiger partial charge is 0.331 e. The van der Waals surface area contributed by atoms with E-state index in [9.17, 15) is 0 Å². The highest BCUT2D eigenvalue weighted by Gasteiger charge is 2.11. The lowest BCUT2D eigenvalue weighted by atomic mass is 10.1. The molecule has 1 aliphatic rings. The second kappa shape index (κ2) is 6.42. The van der Waals surface area contributed by atoms with E-state index in [2.05, 4.69) is 50.2 Å². The van der Waals surface area contributed by atoms with Gasteiger partial charge in [0.25, 0.3) is 0 Å². The Morgan fingerprint density at radius 1 is 1.12 bits per heavy atom. The molecule has 5 nitrogen and oxygen atoms in total. The van der Waals surface area contributed by atoms with Gasteiger partial charge in [0.2, 0.25) is 0 Å². The van der Waals surface area contributed by atoms with Crippen LogP contribution in [0.3, 0.4) is 0 Å². The molecule has 24 heavy (non-hydrogen) atoms. The van der Waals surface area contributed by atoms with Crippen molar-refractivity contribution in [3.63, 3.8) is 0 Å². The number of hydrogen-bond acceptors (Lipinski definition) is 4. The number of nitrogens with zero attached hydrogens (tertiary/aromatic N) is 4. The minimum Gasteiger partial charge on any atom is -0.331 e. The maximum Gasteiger partial charge on any atom is 0.142 e. The van der Waals surface area contributed by atoms with Crippen molar-refractivity contribution < 1.29 is 0 Å². The van der Waals surface area contributed by atoms with Crippen LogP contribution in [-0.4, -0.2) is 32.9 Å². The Balaban J connectivity index is 1.47. The van der Waals surface area contributed by atoms with Crippen LogP contribution >= 0.6 is 0 Å². The molecule has 3 heterocycles. The summed E-state index contributed by atoms with van der Waals surface area (Å²) in [5, 5.41) is 9.81. The zero-order chi connectivity index (χ0) is 16.4. The van der Waals surface area contributed by atoms with E-state index in [1.54, 1.807) is 12.3 Å². The Hall–Kier alpha value is -2.71. The number of nitriles is 1. The summed E-state index contributed by atoms with van der Waals surface area (Å²) >= 11 is 0. The first-order valence-corrected chi connectivity index (χ1v) is 8.35. The highest BCUT2D eigenvalue weighted by Crippen LogP contribution is 2.16. The van der Waals surface area contributed by atoms with Gasteiger partial charge < -0.3 is 4.98 Å². The summed E-state index contributed by atoms with van der Waals surface area (Å²) in [6.07, 6.45) is 5.12. The Morgan fingerprint density at radius 2 is 1.88 bits per heavy atom. The predicted octanol–water partition coefficient (Wildman–Crippen LogP) is 3.02. The van der Waals surface area contributed by atoms with Crippen molar-refractivity contribution in [3.05, 3.63) is 59.2 Å². The van der Waals surface area contributed by atoms with Crippen molar-refractivity contribution in [1.29, 1.82) is 5.26 Å². The van der Waals surface area contributed by atoms with E-state index < -0.39 is 0 Å². The molecule has 0 bridgehead atoms. The highest BCUT2D eigenvalue weighted by atomic mass is 15.1. The van der Waals surface area contributed by atoms with Crippen LogP contribution in [0.1, 0.15) is 35.5 Å². The number of H-pyrrole nitrogens is 1. The molecule has 1 aliphatic heterocycles. The number of likely N-dealkylation sites (tertiary alicyclic amines) is 1. The smallest absolute Gasteiger partial charge is 0.142 e. The molecule has 3 aromatic rings. The fraction of sp³-hybridized carbons (Fsp3) is 0.316. The summed E-state index contributed by atoms with van der Waals surface area (Å²) in [7, 11) is 0. The molecule has 0 spiro atoms. The molecular weight excluding hydrogens is 298 g/mol. The van der Waals surface area contributed by atoms with Gasteiger partial charge in [0.05, 0.1) is 0 Å². The Bertz CT molecular complexity index is 882. The van der Waals surface area contributed by atoms with Crippen LogP contribution in [0.15, 0.2) is 36.5 Å². The number of aromatic nitrogens is 3. The maximum absolute atomic E-state index is 8.94. The molecule has 0 amide bonds. The normalized spacial score (nSPS) is 15.0. The van der Waals surface area contributed by atoms with Gasteiger partial charge in [-0.3, -0.25) is 4.90 Å². The molecule has 0 unspecified atom stereocenters. The van der Waals surface area contributed by atoms with E-state index in [-0.39, 0.29) is 0 Å². The van der Waals surface area contributed by atoms with Crippen molar-refractivity contribution in [1.82, 2.24) is 19.9 Å². The van der Waals surface area contributed by atoms with E-state index >= 15 is 0 Å². The number of benzene rings is 1. The molecule has 2 aromatic heterocycles. The monoisotopic (exact) mass is 317 g/mol. The molecule has 0 atom stereocenters. The van der Waals surface area contributed by atoms with Gasteiger partial charge in [0.15, 0.2) is 0 Å². The van der Waals surface area contributed by atoms with E-state index in [1.807, 2.05) is 0 Å². The maximum atomic E-state index is 8.94. The molecule has 5 heteroatoms. The second-order valence-electron chi connectivity index (χ2n) is 6.36. The third kappa shape index (κ3) is 3.15. The standard InChI is InChI=1S/C19H19N5/c20-11-17-10-16-12-21-18(23-19(16)22-17)9-14-3-5-15(6-4-14)13-24-7-1-2-8-24/h3-6,10,12H,1-2,7-9,13H2,(H,21,22,23). The summed E-state index contributed by atoms with van der Waals surface area (Å²) < 4.78 is 0. The van der Waals surface area contributed by atoms with Crippen LogP contribution in [0, 0.1) is 11.3 Å². The van der Waals surface area contributed by atoms with Gasteiger partial charge in [-0.05, 0) is 43.1 Å². The summed E-state index contributed by atoms with van der Waals surface area (Å²) in [5.74, 6) is 0.765. The number of fused-ring (bicyclic) bond motifs is 1. The van der Waals surface area contributed by atoms with E-state index in [4.69, 9.17) is 5.26 Å². The third-order valence-corrected chi connectivity index (χ3v) is 4.53. The van der Waals surface area contributed by atoms with Crippen LogP contribution in [0.4, 0.5) is 0 Å². The summed E-state index contributed by atoms with van der Waals surface area (Å²) in [6, 6.07) is 12.6. The molecule has 1 fully saturated rings. The van der Waals surface area contributed by atoms with Crippen molar-refractivity contribution in [3.8, 4) is 6.07 Å². The minimum atomic E-state index is 0.516. The molecule has 120 valence electrons. The molecule has 1 N–H and O–H groups in total. The van der Waals surface area contributed by atoms with Gasteiger partial charge in [0, 0.05) is 24.5 Å². The van der Waals surface area contributed by atoms with Crippen molar-refractivity contribution in [2.75, 3.05) is 13.1 Å². The Kier molecular flexibility index (Phi) is 3.97. The zero-order valence-electron chi connectivity index (χ0n) is 13.5. The van der Waals surface area contributed by atoms with Crippen molar-refractivity contribution in [2.45, 2.75) is 25.8 Å². The molecular formula is C19H19N5. The number of rotatable bonds is 4. The number of aromatic amines is 1. The predicted molar refractivity (Wildman–Crippen MR) is 92.4 cm³/mol. The third-order valence-electron chi connectivity index (χ3n) is 4.53. The number of nitrogens with one attached hydrogen (secondary N) is 1. The van der Waals surface area contributed by atoms with Gasteiger partial charge >= 0.3 is 0 Å². The molecule has 1 aromatic carbocycles. The highest BCUT2D eigenvalue weighted by molar-refractivity contribution is 5.76. The first kappa shape index (κ1) is 14.9. The molecule has 1 saturated heterocycles. The Labute approximate surface area is 141 Å². The van der Waals surface area contributed by atoms with Crippen LogP contribution in [0.2, 0.25) is 0 Å². The lowest BCUT2D eigenvalue weighted by Crippen LogP contribution is -2.18. The van der Waals surface area contributed by atoms with Gasteiger partial charge in [0.1, 0.15) is 23.2 Å². The average Bonchev–Trinajstić information content (AvgIpc) is 3.25. The Morgan fingerprint density at radius 3 is 2.62 bits per heavy atom. The van der Waals surface area contributed by atoms with E-state index in [0.717, 1.165) is 23.4 Å². The average molecular weight is 317 g/mol. The fourth-order valence-corrected chi connectivity index (χ4v) is 3.24. The molecule has 4 rings (SSSR count). The van der Waals surface area contributed by atoms with Crippen LogP contribution in [0.25, 0.3) is 11.0 Å². The van der Waals surface area contributed by atoms with Gasteiger partial charge in [-0.1, -0.05) is 24.3 Å². The van der Waals surface area contributed by atoms with Gasteiger partial charge in [-0.15, -0.1) is 0 Å². The molecule has 0 radical (unpaired) electrons. The lowest BCUT2D eigenvalue weighted by Gasteiger charge is -2.14. The van der Waals surface area contributed by atoms with Crippen molar-refractivity contribution >= 4 is 11.0 Å². The van der Waals surface area contributed by atoms with Crippen LogP contribution in [-0.2, 0) is 13.0 Å². The van der Waals surface area contributed by atoms with Gasteiger partial charge in [-0.25, -0.2) is 9.97 Å². The summed E-state index contributed by atoms with van der Waals surface area (Å²) in [6.45, 7) is 3.48.